The molecular formula is C15H19NO3S. The standard InChI is InChI=1S/C15H19NO3S/c1-15(2)10-16(7-8-20-15)13(17)9-11-3-5-12(6-4-11)14(18)19/h3-6H,7-10H2,1-2H3,(H,18,19). The average Bonchev–Trinajstić information content (AvgIpc) is 2.38. The van der Waals surface area contributed by atoms with Gasteiger partial charge in [0.1, 0.15) is 0 Å². The van der Waals surface area contributed by atoms with E-state index >= 15 is 0 Å². The fourth-order valence-electron chi connectivity index (χ4n) is 2.28. The summed E-state index contributed by atoms with van der Waals surface area (Å²) in [6.07, 6.45) is 0.334. The highest BCUT2D eigenvalue weighted by molar-refractivity contribution is 8.00. The minimum Gasteiger partial charge on any atom is -0.478 e. The van der Waals surface area contributed by atoms with Crippen LogP contribution in [0.1, 0.15) is 29.8 Å². The molecule has 1 aliphatic heterocycles. The summed E-state index contributed by atoms with van der Waals surface area (Å²) in [7, 11) is 0. The number of carbonyl (C=O) groups excluding carboxylic acids is 1. The molecule has 0 saturated carbocycles. The van der Waals surface area contributed by atoms with Crippen LogP contribution >= 0.6 is 11.8 Å². The Morgan fingerprint density at radius 2 is 1.95 bits per heavy atom. The lowest BCUT2D eigenvalue weighted by atomic mass is 10.1. The zero-order valence-electron chi connectivity index (χ0n) is 11.8. The predicted molar refractivity (Wildman–Crippen MR) is 80.2 cm³/mol. The van der Waals surface area contributed by atoms with Crippen molar-refractivity contribution in [3.63, 3.8) is 0 Å². The van der Waals surface area contributed by atoms with Crippen LogP contribution in [0, 0.1) is 0 Å². The van der Waals surface area contributed by atoms with Gasteiger partial charge in [-0.3, -0.25) is 4.79 Å². The third-order valence-electron chi connectivity index (χ3n) is 3.33. The lowest BCUT2D eigenvalue weighted by Gasteiger charge is -2.37. The third kappa shape index (κ3) is 3.76. The SMILES string of the molecule is CC1(C)CN(C(=O)Cc2ccc(C(=O)O)cc2)CCS1. The number of carboxylic acid groups (broad SMARTS) is 1. The van der Waals surface area contributed by atoms with E-state index in [9.17, 15) is 9.59 Å². The van der Waals surface area contributed by atoms with Gasteiger partial charge in [0, 0.05) is 23.6 Å². The first-order valence-corrected chi connectivity index (χ1v) is 7.60. The van der Waals surface area contributed by atoms with E-state index < -0.39 is 5.97 Å². The predicted octanol–water partition coefficient (Wildman–Crippen LogP) is 2.28. The Labute approximate surface area is 123 Å². The first-order chi connectivity index (χ1) is 9.37. The van der Waals surface area contributed by atoms with Crippen LogP contribution in [0.3, 0.4) is 0 Å². The molecule has 0 spiro atoms. The first-order valence-electron chi connectivity index (χ1n) is 6.61. The number of rotatable bonds is 3. The summed E-state index contributed by atoms with van der Waals surface area (Å²) in [5.41, 5.74) is 1.10. The fourth-order valence-corrected chi connectivity index (χ4v) is 3.39. The van der Waals surface area contributed by atoms with Crippen LogP contribution < -0.4 is 0 Å². The highest BCUT2D eigenvalue weighted by atomic mass is 32.2. The van der Waals surface area contributed by atoms with Crippen LogP contribution in [-0.2, 0) is 11.2 Å². The largest absolute Gasteiger partial charge is 0.478 e. The zero-order valence-corrected chi connectivity index (χ0v) is 12.6. The molecular weight excluding hydrogens is 274 g/mol. The smallest absolute Gasteiger partial charge is 0.335 e. The quantitative estimate of drug-likeness (QED) is 0.929. The van der Waals surface area contributed by atoms with Crippen LogP contribution in [0.15, 0.2) is 24.3 Å². The van der Waals surface area contributed by atoms with Crippen molar-refractivity contribution in [2.75, 3.05) is 18.8 Å². The molecule has 1 aliphatic rings. The van der Waals surface area contributed by atoms with Crippen LogP contribution in [0.5, 0.6) is 0 Å². The van der Waals surface area contributed by atoms with Gasteiger partial charge in [-0.15, -0.1) is 0 Å². The number of aromatic carboxylic acids is 1. The number of hydrogen-bond acceptors (Lipinski definition) is 3. The Hall–Kier alpha value is -1.49. The summed E-state index contributed by atoms with van der Waals surface area (Å²) in [5, 5.41) is 8.84. The molecule has 0 radical (unpaired) electrons. The molecule has 2 rings (SSSR count). The summed E-state index contributed by atoms with van der Waals surface area (Å²) in [5.74, 6) is 0.135. The summed E-state index contributed by atoms with van der Waals surface area (Å²) >= 11 is 1.89. The van der Waals surface area contributed by atoms with Crippen molar-refractivity contribution in [3.05, 3.63) is 35.4 Å². The maximum Gasteiger partial charge on any atom is 0.335 e. The number of hydrogen-bond donors (Lipinski definition) is 1. The van der Waals surface area contributed by atoms with E-state index in [0.717, 1.165) is 24.4 Å². The average molecular weight is 293 g/mol. The highest BCUT2D eigenvalue weighted by Gasteiger charge is 2.29. The Bertz CT molecular complexity index is 510. The number of nitrogens with zero attached hydrogens (tertiary/aromatic N) is 1. The van der Waals surface area contributed by atoms with Gasteiger partial charge in [-0.05, 0) is 31.5 Å². The van der Waals surface area contributed by atoms with Crippen molar-refractivity contribution >= 4 is 23.6 Å². The second kappa shape index (κ2) is 5.87. The second-order valence-electron chi connectivity index (χ2n) is 5.60. The molecule has 1 saturated heterocycles. The molecule has 1 fully saturated rings. The molecule has 0 aliphatic carbocycles. The van der Waals surface area contributed by atoms with Gasteiger partial charge < -0.3 is 10.0 Å². The summed E-state index contributed by atoms with van der Waals surface area (Å²) < 4.78 is 0.112. The highest BCUT2D eigenvalue weighted by Crippen LogP contribution is 2.29. The van der Waals surface area contributed by atoms with E-state index in [0.29, 0.717) is 6.42 Å². The number of carbonyl (C=O) groups is 2. The maximum absolute atomic E-state index is 12.3. The topological polar surface area (TPSA) is 57.6 Å². The van der Waals surface area contributed by atoms with Crippen LogP contribution in [0.25, 0.3) is 0 Å². The van der Waals surface area contributed by atoms with E-state index in [1.807, 2.05) is 16.7 Å². The van der Waals surface area contributed by atoms with E-state index in [1.54, 1.807) is 24.3 Å². The number of benzene rings is 1. The van der Waals surface area contributed by atoms with Crippen molar-refractivity contribution in [3.8, 4) is 0 Å². The Morgan fingerprint density at radius 1 is 1.30 bits per heavy atom. The normalized spacial score (nSPS) is 17.8. The lowest BCUT2D eigenvalue weighted by Crippen LogP contribution is -2.46. The summed E-state index contributed by atoms with van der Waals surface area (Å²) in [4.78, 5) is 25.0. The Kier molecular flexibility index (Phi) is 4.38. The van der Waals surface area contributed by atoms with Gasteiger partial charge in [0.05, 0.1) is 12.0 Å². The third-order valence-corrected chi connectivity index (χ3v) is 4.63. The molecule has 1 amide bonds. The minimum atomic E-state index is -0.947. The molecule has 20 heavy (non-hydrogen) atoms. The summed E-state index contributed by atoms with van der Waals surface area (Å²) in [6.45, 7) is 5.86. The molecule has 5 heteroatoms. The number of thioether (sulfide) groups is 1. The fraction of sp³-hybridized carbons (Fsp3) is 0.467. The molecule has 4 nitrogen and oxygen atoms in total. The van der Waals surface area contributed by atoms with E-state index in [4.69, 9.17) is 5.11 Å². The second-order valence-corrected chi connectivity index (χ2v) is 7.40. The van der Waals surface area contributed by atoms with Crippen molar-refractivity contribution in [2.45, 2.75) is 25.0 Å². The van der Waals surface area contributed by atoms with Gasteiger partial charge >= 0.3 is 5.97 Å². The van der Waals surface area contributed by atoms with Crippen molar-refractivity contribution < 1.29 is 14.7 Å². The van der Waals surface area contributed by atoms with Gasteiger partial charge in [0.2, 0.25) is 5.91 Å². The van der Waals surface area contributed by atoms with E-state index in [-0.39, 0.29) is 16.2 Å². The van der Waals surface area contributed by atoms with Crippen molar-refractivity contribution in [2.24, 2.45) is 0 Å². The zero-order chi connectivity index (χ0) is 14.8. The Morgan fingerprint density at radius 3 is 2.50 bits per heavy atom. The molecule has 0 atom stereocenters. The number of carboxylic acids is 1. The number of amides is 1. The molecule has 0 bridgehead atoms. The van der Waals surface area contributed by atoms with Crippen LogP contribution in [0.4, 0.5) is 0 Å². The monoisotopic (exact) mass is 293 g/mol. The molecule has 1 aromatic carbocycles. The van der Waals surface area contributed by atoms with Gasteiger partial charge in [0.15, 0.2) is 0 Å². The lowest BCUT2D eigenvalue weighted by molar-refractivity contribution is -0.130. The maximum atomic E-state index is 12.3. The molecule has 0 unspecified atom stereocenters. The van der Waals surface area contributed by atoms with Crippen molar-refractivity contribution in [1.82, 2.24) is 4.90 Å². The molecule has 0 aromatic heterocycles. The Balaban J connectivity index is 1.99. The van der Waals surface area contributed by atoms with Gasteiger partial charge in [-0.2, -0.15) is 11.8 Å². The van der Waals surface area contributed by atoms with Crippen molar-refractivity contribution in [1.29, 1.82) is 0 Å². The molecule has 1 N–H and O–H groups in total. The molecule has 1 aromatic rings. The van der Waals surface area contributed by atoms with Gasteiger partial charge in [0.25, 0.3) is 0 Å². The molecule has 1 heterocycles. The van der Waals surface area contributed by atoms with Crippen LogP contribution in [0.2, 0.25) is 0 Å². The first kappa shape index (κ1) is 14.9. The van der Waals surface area contributed by atoms with E-state index in [1.165, 1.54) is 0 Å². The summed E-state index contributed by atoms with van der Waals surface area (Å²) in [6, 6.07) is 6.51. The van der Waals surface area contributed by atoms with E-state index in [2.05, 4.69) is 13.8 Å². The van der Waals surface area contributed by atoms with Crippen LogP contribution in [-0.4, -0.2) is 45.5 Å². The van der Waals surface area contributed by atoms with Gasteiger partial charge in [-0.1, -0.05) is 12.1 Å². The molecule has 108 valence electrons. The van der Waals surface area contributed by atoms with Gasteiger partial charge in [-0.25, -0.2) is 4.79 Å². The minimum absolute atomic E-state index is 0.112.